The average molecular weight is 749 g/mol. The summed E-state index contributed by atoms with van der Waals surface area (Å²) in [6, 6.07) is 16.7. The first-order chi connectivity index (χ1) is 25.3. The van der Waals surface area contributed by atoms with Crippen LogP contribution in [0, 0.1) is 51.2 Å². The standard InChI is InChI=1S/C45H56N4O4S/c1-41(2)22-30-27(31(23-41)40(50)51)17-19-45(7)37(30)29(33-25-49(34-16-12-11-15-28(33)34)54(52,53)26-13-9-8-10-14-26)21-36-43(5)24-32-38(47-48-39(32)46)42(3,4)35(43)18-20-44(36,45)6/h8-16,25,27,30-31,35-36H,17-24H2,1-7H3,(H,50,51)(H3,46,47,48)/t27?,30?,31-,35?,36?,43?,44?,45?/m1/s1. The molecule has 54 heavy (non-hydrogen) atoms. The lowest BCUT2D eigenvalue weighted by Gasteiger charge is -2.70. The number of carboxylic acid groups (broad SMARTS) is 1. The number of aromatic amines is 1. The lowest BCUT2D eigenvalue weighted by atomic mass is 9.33. The zero-order valence-electron chi connectivity index (χ0n) is 32.9. The van der Waals surface area contributed by atoms with Gasteiger partial charge in [0, 0.05) is 33.8 Å². The van der Waals surface area contributed by atoms with Crippen LogP contribution in [0.25, 0.3) is 16.5 Å². The van der Waals surface area contributed by atoms with Gasteiger partial charge < -0.3 is 10.8 Å². The van der Waals surface area contributed by atoms with Crippen molar-refractivity contribution in [3.8, 4) is 0 Å². The van der Waals surface area contributed by atoms with Crippen molar-refractivity contribution in [1.29, 1.82) is 0 Å². The molecule has 0 bridgehead atoms. The molecule has 4 aromatic rings. The van der Waals surface area contributed by atoms with Crippen LogP contribution in [0.5, 0.6) is 0 Å². The number of anilines is 1. The first kappa shape index (κ1) is 35.8. The number of benzene rings is 2. The van der Waals surface area contributed by atoms with Gasteiger partial charge in [0.15, 0.2) is 0 Å². The van der Waals surface area contributed by atoms with E-state index in [1.807, 2.05) is 30.5 Å². The molecule has 2 heterocycles. The zero-order chi connectivity index (χ0) is 38.4. The lowest BCUT2D eigenvalue weighted by molar-refractivity contribution is -0.161. The fourth-order valence-electron chi connectivity index (χ4n) is 14.0. The third-order valence-corrected chi connectivity index (χ3v) is 18.1. The summed E-state index contributed by atoms with van der Waals surface area (Å²) in [7, 11) is -3.91. The molecule has 0 aliphatic heterocycles. The summed E-state index contributed by atoms with van der Waals surface area (Å²) in [5, 5.41) is 19.5. The second kappa shape index (κ2) is 11.4. The molecule has 9 rings (SSSR count). The number of hydrogen-bond donors (Lipinski definition) is 3. The van der Waals surface area contributed by atoms with Gasteiger partial charge in [-0.15, -0.1) is 0 Å². The van der Waals surface area contributed by atoms with E-state index in [0.717, 1.165) is 61.5 Å². The number of aromatic nitrogens is 3. The molecule has 3 saturated carbocycles. The van der Waals surface area contributed by atoms with E-state index >= 15 is 0 Å². The summed E-state index contributed by atoms with van der Waals surface area (Å²) in [6.07, 6.45) is 9.17. The highest BCUT2D eigenvalue weighted by molar-refractivity contribution is 7.90. The first-order valence-electron chi connectivity index (χ1n) is 20.1. The summed E-state index contributed by atoms with van der Waals surface area (Å²) >= 11 is 0. The molecule has 5 aliphatic rings. The molecule has 8 nitrogen and oxygen atoms in total. The van der Waals surface area contributed by atoms with Gasteiger partial charge in [-0.1, -0.05) is 90.4 Å². The van der Waals surface area contributed by atoms with Crippen LogP contribution in [0.2, 0.25) is 0 Å². The maximum atomic E-state index is 14.5. The average Bonchev–Trinajstić information content (AvgIpc) is 3.69. The largest absolute Gasteiger partial charge is 0.481 e. The maximum Gasteiger partial charge on any atom is 0.306 e. The molecule has 0 radical (unpaired) electrons. The van der Waals surface area contributed by atoms with E-state index < -0.39 is 21.9 Å². The number of para-hydroxylation sites is 1. The number of allylic oxidation sites excluding steroid dienone is 2. The Kier molecular flexibility index (Phi) is 7.54. The number of nitrogen functional groups attached to an aromatic ring is 1. The summed E-state index contributed by atoms with van der Waals surface area (Å²) < 4.78 is 30.5. The molecule has 5 aliphatic carbocycles. The van der Waals surface area contributed by atoms with E-state index in [9.17, 15) is 18.3 Å². The molecule has 2 aromatic heterocycles. The molecule has 7 unspecified atom stereocenters. The molecular formula is C45H56N4O4S. The van der Waals surface area contributed by atoms with Crippen LogP contribution < -0.4 is 5.73 Å². The summed E-state index contributed by atoms with van der Waals surface area (Å²) in [4.78, 5) is 13.3. The smallest absolute Gasteiger partial charge is 0.306 e. The highest BCUT2D eigenvalue weighted by Gasteiger charge is 2.69. The minimum absolute atomic E-state index is 0.0453. The van der Waals surface area contributed by atoms with Crippen LogP contribution in [-0.2, 0) is 26.7 Å². The Morgan fingerprint density at radius 3 is 2.35 bits per heavy atom. The van der Waals surface area contributed by atoms with E-state index in [1.54, 1.807) is 24.3 Å². The number of aliphatic carboxylic acids is 1. The molecule has 3 fully saturated rings. The van der Waals surface area contributed by atoms with Crippen molar-refractivity contribution in [2.24, 2.45) is 51.2 Å². The first-order valence-corrected chi connectivity index (χ1v) is 21.5. The van der Waals surface area contributed by atoms with Crippen LogP contribution in [0.1, 0.15) is 110 Å². The summed E-state index contributed by atoms with van der Waals surface area (Å²) in [5.41, 5.74) is 12.6. The van der Waals surface area contributed by atoms with Gasteiger partial charge in [0.1, 0.15) is 5.82 Å². The number of nitrogens with one attached hydrogen (secondary N) is 1. The van der Waals surface area contributed by atoms with Crippen LogP contribution in [-0.4, -0.2) is 33.7 Å². The molecule has 4 N–H and O–H groups in total. The quantitative estimate of drug-likeness (QED) is 0.191. The fourth-order valence-corrected chi connectivity index (χ4v) is 15.4. The number of nitrogens with zero attached hydrogens (tertiary/aromatic N) is 2. The Balaban J connectivity index is 1.33. The number of fused-ring (bicyclic) bond motifs is 9. The van der Waals surface area contributed by atoms with Gasteiger partial charge in [-0.2, -0.15) is 5.10 Å². The molecule has 9 heteroatoms. The van der Waals surface area contributed by atoms with E-state index in [0.29, 0.717) is 23.7 Å². The number of nitrogens with two attached hydrogens (primary N) is 1. The summed E-state index contributed by atoms with van der Waals surface area (Å²) in [6.45, 7) is 16.8. The van der Waals surface area contributed by atoms with Crippen molar-refractivity contribution in [2.75, 3.05) is 5.73 Å². The Labute approximate surface area is 320 Å². The number of rotatable bonds is 4. The number of hydrogen-bond acceptors (Lipinski definition) is 5. The van der Waals surface area contributed by atoms with Gasteiger partial charge in [0.25, 0.3) is 10.0 Å². The predicted molar refractivity (Wildman–Crippen MR) is 213 cm³/mol. The monoisotopic (exact) mass is 748 g/mol. The van der Waals surface area contributed by atoms with Crippen molar-refractivity contribution in [3.63, 3.8) is 0 Å². The van der Waals surface area contributed by atoms with E-state index in [-0.39, 0.29) is 49.7 Å². The molecule has 0 saturated heterocycles. The van der Waals surface area contributed by atoms with Gasteiger partial charge in [-0.05, 0) is 120 Å². The van der Waals surface area contributed by atoms with Gasteiger partial charge in [-0.3, -0.25) is 9.89 Å². The second-order valence-electron chi connectivity index (χ2n) is 19.9. The SMILES string of the molecule is CC1(C)CC2C3=C(c4cn(S(=O)(=O)c5ccccc5)c5ccccc45)CC4C5(C)Cc6c(N)n[nH]c6C(C)(C)C5CCC4(C)C3(C)CCC2[C@H](C(=O)O)C1. The van der Waals surface area contributed by atoms with Gasteiger partial charge >= 0.3 is 5.97 Å². The number of carbonyl (C=O) groups is 1. The molecule has 0 spiro atoms. The van der Waals surface area contributed by atoms with Crippen molar-refractivity contribution in [1.82, 2.24) is 14.2 Å². The van der Waals surface area contributed by atoms with E-state index in [4.69, 9.17) is 5.73 Å². The highest BCUT2D eigenvalue weighted by Crippen LogP contribution is 2.76. The Morgan fingerprint density at radius 1 is 0.926 bits per heavy atom. The Bertz CT molecular complexity index is 2350. The molecule has 8 atom stereocenters. The van der Waals surface area contributed by atoms with Gasteiger partial charge in [-0.25, -0.2) is 12.4 Å². The molecule has 2 aromatic carbocycles. The van der Waals surface area contributed by atoms with Crippen molar-refractivity contribution >= 4 is 38.3 Å². The lowest BCUT2D eigenvalue weighted by Crippen LogP contribution is -2.64. The maximum absolute atomic E-state index is 14.5. The van der Waals surface area contributed by atoms with Crippen molar-refractivity contribution in [2.45, 2.75) is 110 Å². The third kappa shape index (κ3) is 4.62. The minimum atomic E-state index is -3.91. The number of H-pyrrole nitrogens is 1. The van der Waals surface area contributed by atoms with Crippen LogP contribution in [0.15, 0.2) is 71.3 Å². The van der Waals surface area contributed by atoms with Gasteiger partial charge in [0.05, 0.1) is 16.3 Å². The van der Waals surface area contributed by atoms with Gasteiger partial charge in [0.2, 0.25) is 0 Å². The zero-order valence-corrected chi connectivity index (χ0v) is 33.7. The van der Waals surface area contributed by atoms with E-state index in [1.165, 1.54) is 20.8 Å². The third-order valence-electron chi connectivity index (χ3n) is 16.4. The fraction of sp³-hybridized carbons (Fsp3) is 0.556. The van der Waals surface area contributed by atoms with Crippen molar-refractivity contribution < 1.29 is 18.3 Å². The van der Waals surface area contributed by atoms with Crippen LogP contribution in [0.3, 0.4) is 0 Å². The second-order valence-corrected chi connectivity index (χ2v) is 21.7. The van der Waals surface area contributed by atoms with E-state index in [2.05, 4.69) is 64.7 Å². The highest BCUT2D eigenvalue weighted by atomic mass is 32.2. The molecular weight excluding hydrogens is 693 g/mol. The summed E-state index contributed by atoms with van der Waals surface area (Å²) in [5.74, 6) is 0.315. The molecule has 0 amide bonds. The minimum Gasteiger partial charge on any atom is -0.481 e. The Morgan fingerprint density at radius 2 is 1.63 bits per heavy atom. The van der Waals surface area contributed by atoms with Crippen LogP contribution in [0.4, 0.5) is 5.82 Å². The topological polar surface area (TPSA) is 131 Å². The Hall–Kier alpha value is -3.85. The van der Waals surface area contributed by atoms with Crippen LogP contribution >= 0.6 is 0 Å². The predicted octanol–water partition coefficient (Wildman–Crippen LogP) is 9.47. The normalized spacial score (nSPS) is 35.4. The number of carboxylic acids is 1. The molecule has 286 valence electrons. The van der Waals surface area contributed by atoms with Crippen molar-refractivity contribution in [3.05, 3.63) is 83.2 Å².